The van der Waals surface area contributed by atoms with Gasteiger partial charge in [-0.2, -0.15) is 11.8 Å². The summed E-state index contributed by atoms with van der Waals surface area (Å²) in [6.07, 6.45) is 6.98. The zero-order valence-corrected chi connectivity index (χ0v) is 15.3. The van der Waals surface area contributed by atoms with Gasteiger partial charge in [0, 0.05) is 35.4 Å². The van der Waals surface area contributed by atoms with Crippen LogP contribution in [0.15, 0.2) is 35.5 Å². The monoisotopic (exact) mass is 344 g/mol. The fourth-order valence-electron chi connectivity index (χ4n) is 3.15. The maximum atomic E-state index is 4.75. The molecule has 1 aliphatic heterocycles. The van der Waals surface area contributed by atoms with Crippen molar-refractivity contribution in [2.75, 3.05) is 25.4 Å². The van der Waals surface area contributed by atoms with Crippen LogP contribution in [0.1, 0.15) is 31.7 Å². The molecule has 0 bridgehead atoms. The minimum absolute atomic E-state index is 0.715. The fourth-order valence-corrected chi connectivity index (χ4v) is 4.33. The van der Waals surface area contributed by atoms with Crippen LogP contribution in [0, 0.1) is 0 Å². The summed E-state index contributed by atoms with van der Waals surface area (Å²) in [7, 11) is 0. The number of rotatable bonds is 7. The molecule has 2 aromatic rings. The van der Waals surface area contributed by atoms with Gasteiger partial charge < -0.3 is 15.6 Å². The van der Waals surface area contributed by atoms with E-state index in [-0.39, 0.29) is 0 Å². The second-order valence-electron chi connectivity index (χ2n) is 6.24. The number of guanidine groups is 1. The van der Waals surface area contributed by atoms with Gasteiger partial charge in [-0.3, -0.25) is 4.99 Å². The first-order valence-corrected chi connectivity index (χ1v) is 10.1. The van der Waals surface area contributed by atoms with Crippen LogP contribution in [0.2, 0.25) is 0 Å². The Balaban J connectivity index is 1.45. The average Bonchev–Trinajstić information content (AvgIpc) is 3.26. The lowest BCUT2D eigenvalue weighted by atomic mass is 10.1. The first-order valence-electron chi connectivity index (χ1n) is 9.05. The largest absolute Gasteiger partial charge is 0.361 e. The van der Waals surface area contributed by atoms with E-state index in [4.69, 9.17) is 4.99 Å². The van der Waals surface area contributed by atoms with Crippen molar-refractivity contribution in [2.24, 2.45) is 4.99 Å². The number of thioether (sulfide) groups is 1. The molecule has 0 aliphatic carbocycles. The Kier molecular flexibility index (Phi) is 6.47. The van der Waals surface area contributed by atoms with Crippen LogP contribution < -0.4 is 10.6 Å². The quantitative estimate of drug-likeness (QED) is 0.409. The van der Waals surface area contributed by atoms with Gasteiger partial charge in [-0.1, -0.05) is 18.2 Å². The number of benzene rings is 1. The number of nitrogens with zero attached hydrogens (tertiary/aromatic N) is 1. The van der Waals surface area contributed by atoms with Gasteiger partial charge in [0.1, 0.15) is 0 Å². The summed E-state index contributed by atoms with van der Waals surface area (Å²) in [6, 6.07) is 8.51. The molecule has 1 saturated heterocycles. The number of nitrogens with one attached hydrogen (secondary N) is 3. The predicted octanol–water partition coefficient (Wildman–Crippen LogP) is 3.55. The van der Waals surface area contributed by atoms with Gasteiger partial charge in [0.05, 0.1) is 6.54 Å². The summed E-state index contributed by atoms with van der Waals surface area (Å²) >= 11 is 2.06. The van der Waals surface area contributed by atoms with Crippen molar-refractivity contribution in [3.05, 3.63) is 36.0 Å². The van der Waals surface area contributed by atoms with Crippen molar-refractivity contribution in [1.82, 2.24) is 15.6 Å². The molecule has 5 heteroatoms. The normalized spacial score (nSPS) is 18.2. The number of fused-ring (bicyclic) bond motifs is 1. The van der Waals surface area contributed by atoms with E-state index in [2.05, 4.69) is 64.8 Å². The molecule has 2 heterocycles. The number of hydrogen-bond acceptors (Lipinski definition) is 2. The number of aryl methyl sites for hydroxylation is 1. The van der Waals surface area contributed by atoms with Crippen molar-refractivity contribution in [3.8, 4) is 0 Å². The van der Waals surface area contributed by atoms with Crippen LogP contribution >= 0.6 is 11.8 Å². The molecular weight excluding hydrogens is 316 g/mol. The van der Waals surface area contributed by atoms with Crippen LogP contribution in [0.3, 0.4) is 0 Å². The van der Waals surface area contributed by atoms with Gasteiger partial charge in [-0.25, -0.2) is 0 Å². The van der Waals surface area contributed by atoms with E-state index in [1.807, 2.05) is 0 Å². The Morgan fingerprint density at radius 1 is 1.33 bits per heavy atom. The Morgan fingerprint density at radius 3 is 3.08 bits per heavy atom. The molecule has 1 unspecified atom stereocenters. The first kappa shape index (κ1) is 17.2. The SMILES string of the molecule is CCNC(=NCC1CCCS1)NCCCc1c[nH]c2ccccc12. The highest BCUT2D eigenvalue weighted by Crippen LogP contribution is 2.26. The van der Waals surface area contributed by atoms with Gasteiger partial charge in [0.2, 0.25) is 0 Å². The van der Waals surface area contributed by atoms with E-state index in [1.54, 1.807) is 0 Å². The molecule has 1 aliphatic rings. The van der Waals surface area contributed by atoms with Crippen molar-refractivity contribution in [1.29, 1.82) is 0 Å². The third-order valence-electron chi connectivity index (χ3n) is 4.41. The molecule has 0 saturated carbocycles. The maximum Gasteiger partial charge on any atom is 0.191 e. The zero-order chi connectivity index (χ0) is 16.6. The molecule has 0 spiro atoms. The van der Waals surface area contributed by atoms with Crippen molar-refractivity contribution < 1.29 is 0 Å². The Morgan fingerprint density at radius 2 is 2.25 bits per heavy atom. The average molecular weight is 345 g/mol. The van der Waals surface area contributed by atoms with Crippen LogP contribution in [-0.2, 0) is 6.42 Å². The fraction of sp³-hybridized carbons (Fsp3) is 0.526. The molecule has 130 valence electrons. The van der Waals surface area contributed by atoms with Gasteiger partial charge in [-0.05, 0) is 50.0 Å². The summed E-state index contributed by atoms with van der Waals surface area (Å²) in [5.74, 6) is 2.26. The zero-order valence-electron chi connectivity index (χ0n) is 14.5. The molecule has 1 atom stereocenters. The third-order valence-corrected chi connectivity index (χ3v) is 5.79. The lowest BCUT2D eigenvalue weighted by Crippen LogP contribution is -2.38. The summed E-state index contributed by atoms with van der Waals surface area (Å²) < 4.78 is 0. The third kappa shape index (κ3) is 4.69. The molecule has 4 nitrogen and oxygen atoms in total. The van der Waals surface area contributed by atoms with Crippen LogP contribution in [-0.4, -0.2) is 41.6 Å². The van der Waals surface area contributed by atoms with E-state index >= 15 is 0 Å². The van der Waals surface area contributed by atoms with E-state index in [1.165, 1.54) is 35.1 Å². The Labute approximate surface area is 148 Å². The molecule has 0 amide bonds. The standard InChI is InChI=1S/C19H28N4S/c1-2-20-19(23-14-16-8-6-12-24-16)21-11-5-7-15-13-22-18-10-4-3-9-17(15)18/h3-4,9-10,13,16,22H,2,5-8,11-12,14H2,1H3,(H2,20,21,23). The highest BCUT2D eigenvalue weighted by atomic mass is 32.2. The molecule has 1 fully saturated rings. The summed E-state index contributed by atoms with van der Waals surface area (Å²) in [5.41, 5.74) is 2.63. The number of H-pyrrole nitrogens is 1. The molecule has 3 rings (SSSR count). The molecular formula is C19H28N4S. The van der Waals surface area contributed by atoms with Crippen molar-refractivity contribution in [3.63, 3.8) is 0 Å². The Hall–Kier alpha value is -1.62. The number of aromatic amines is 1. The van der Waals surface area contributed by atoms with Crippen LogP contribution in [0.5, 0.6) is 0 Å². The minimum Gasteiger partial charge on any atom is -0.361 e. The summed E-state index contributed by atoms with van der Waals surface area (Å²) in [5, 5.41) is 8.89. The topological polar surface area (TPSA) is 52.2 Å². The first-order chi connectivity index (χ1) is 11.9. The Bertz CT molecular complexity index is 658. The number of para-hydroxylation sites is 1. The van der Waals surface area contributed by atoms with Gasteiger partial charge in [-0.15, -0.1) is 0 Å². The van der Waals surface area contributed by atoms with Gasteiger partial charge in [0.15, 0.2) is 5.96 Å². The molecule has 3 N–H and O–H groups in total. The van der Waals surface area contributed by atoms with Gasteiger partial charge >= 0.3 is 0 Å². The van der Waals surface area contributed by atoms with E-state index < -0.39 is 0 Å². The van der Waals surface area contributed by atoms with Crippen LogP contribution in [0.4, 0.5) is 0 Å². The second-order valence-corrected chi connectivity index (χ2v) is 7.65. The molecule has 24 heavy (non-hydrogen) atoms. The number of aliphatic imine (C=N–C) groups is 1. The van der Waals surface area contributed by atoms with E-state index in [0.717, 1.165) is 38.4 Å². The minimum atomic E-state index is 0.715. The summed E-state index contributed by atoms with van der Waals surface area (Å²) in [6.45, 7) is 4.91. The lowest BCUT2D eigenvalue weighted by Gasteiger charge is -2.12. The highest BCUT2D eigenvalue weighted by Gasteiger charge is 2.14. The predicted molar refractivity (Wildman–Crippen MR) is 106 cm³/mol. The van der Waals surface area contributed by atoms with Crippen molar-refractivity contribution in [2.45, 2.75) is 37.9 Å². The van der Waals surface area contributed by atoms with E-state index in [0.29, 0.717) is 5.25 Å². The molecule has 1 aromatic carbocycles. The van der Waals surface area contributed by atoms with Gasteiger partial charge in [0.25, 0.3) is 0 Å². The number of hydrogen-bond donors (Lipinski definition) is 3. The van der Waals surface area contributed by atoms with Crippen LogP contribution in [0.25, 0.3) is 10.9 Å². The second kappa shape index (κ2) is 9.02. The number of aromatic nitrogens is 1. The highest BCUT2D eigenvalue weighted by molar-refractivity contribution is 8.00. The van der Waals surface area contributed by atoms with E-state index in [9.17, 15) is 0 Å². The lowest BCUT2D eigenvalue weighted by molar-refractivity contribution is 0.734. The summed E-state index contributed by atoms with van der Waals surface area (Å²) in [4.78, 5) is 8.10. The molecule has 0 radical (unpaired) electrons. The van der Waals surface area contributed by atoms with Crippen molar-refractivity contribution >= 4 is 28.6 Å². The maximum absolute atomic E-state index is 4.75. The smallest absolute Gasteiger partial charge is 0.191 e. The molecule has 1 aromatic heterocycles.